The Labute approximate surface area is 112 Å². The molecule has 3 heteroatoms. The second kappa shape index (κ2) is 4.34. The van der Waals surface area contributed by atoms with Gasteiger partial charge in [-0.1, -0.05) is 17.2 Å². The number of aromatic amines is 1. The fourth-order valence-corrected chi connectivity index (χ4v) is 2.49. The summed E-state index contributed by atoms with van der Waals surface area (Å²) in [5.41, 5.74) is 4.97. The zero-order valence-electron chi connectivity index (χ0n) is 11.6. The molecule has 1 heterocycles. The Morgan fingerprint density at radius 2 is 1.74 bits per heavy atom. The molecule has 0 atom stereocenters. The van der Waals surface area contributed by atoms with Crippen molar-refractivity contribution in [1.29, 1.82) is 0 Å². The van der Waals surface area contributed by atoms with Crippen LogP contribution in [0, 0.1) is 20.8 Å². The molecule has 0 unspecified atom stereocenters. The maximum atomic E-state index is 12.0. The van der Waals surface area contributed by atoms with Crippen molar-refractivity contribution in [2.75, 3.05) is 0 Å². The van der Waals surface area contributed by atoms with Crippen LogP contribution >= 0.6 is 0 Å². The first-order valence-electron chi connectivity index (χ1n) is 6.74. The Balaban J connectivity index is 2.20. The summed E-state index contributed by atoms with van der Waals surface area (Å²) in [6, 6.07) is 6.32. The van der Waals surface area contributed by atoms with Gasteiger partial charge in [0, 0.05) is 17.0 Å². The van der Waals surface area contributed by atoms with Gasteiger partial charge in [-0.25, -0.2) is 4.98 Å². The van der Waals surface area contributed by atoms with Crippen LogP contribution < -0.4 is 5.56 Å². The second-order valence-corrected chi connectivity index (χ2v) is 5.58. The molecule has 3 nitrogen and oxygen atoms in total. The van der Waals surface area contributed by atoms with E-state index in [-0.39, 0.29) is 5.56 Å². The molecule has 1 N–H and O–H groups in total. The molecule has 1 fully saturated rings. The van der Waals surface area contributed by atoms with Crippen molar-refractivity contribution in [3.8, 4) is 11.3 Å². The fraction of sp³-hybridized carbons (Fsp3) is 0.375. The van der Waals surface area contributed by atoms with Crippen molar-refractivity contribution >= 4 is 0 Å². The van der Waals surface area contributed by atoms with Crippen molar-refractivity contribution in [3.05, 3.63) is 51.1 Å². The first-order chi connectivity index (χ1) is 9.04. The summed E-state index contributed by atoms with van der Waals surface area (Å²) in [6.07, 6.45) is 2.27. The number of hydrogen-bond donors (Lipinski definition) is 1. The zero-order chi connectivity index (χ0) is 13.6. The Bertz CT molecular complexity index is 676. The maximum absolute atomic E-state index is 12.0. The molecule has 1 aromatic carbocycles. The predicted octanol–water partition coefficient (Wildman–Crippen LogP) is 3.24. The molecule has 2 aromatic rings. The van der Waals surface area contributed by atoms with Gasteiger partial charge in [0.15, 0.2) is 0 Å². The molecule has 3 rings (SSSR count). The van der Waals surface area contributed by atoms with E-state index in [4.69, 9.17) is 4.98 Å². The van der Waals surface area contributed by atoms with E-state index in [0.29, 0.717) is 11.5 Å². The average molecular weight is 254 g/mol. The number of H-pyrrole nitrogens is 1. The van der Waals surface area contributed by atoms with Crippen LogP contribution in [0.4, 0.5) is 0 Å². The molecule has 0 aliphatic heterocycles. The molecule has 0 amide bonds. The Morgan fingerprint density at radius 1 is 1.11 bits per heavy atom. The lowest BCUT2D eigenvalue weighted by Crippen LogP contribution is -2.15. The van der Waals surface area contributed by atoms with Crippen LogP contribution in [-0.4, -0.2) is 9.97 Å². The molecular formula is C16H18N2O. The van der Waals surface area contributed by atoms with E-state index in [1.165, 1.54) is 11.1 Å². The first-order valence-corrected chi connectivity index (χ1v) is 6.74. The van der Waals surface area contributed by atoms with Crippen molar-refractivity contribution in [3.63, 3.8) is 0 Å². The maximum Gasteiger partial charge on any atom is 0.254 e. The lowest BCUT2D eigenvalue weighted by molar-refractivity contribution is 0.900. The number of nitrogens with zero attached hydrogens (tertiary/aromatic N) is 1. The quantitative estimate of drug-likeness (QED) is 0.894. The average Bonchev–Trinajstić information content (AvgIpc) is 3.15. The molecule has 1 aromatic heterocycles. The molecule has 0 spiro atoms. The summed E-state index contributed by atoms with van der Waals surface area (Å²) >= 11 is 0. The lowest BCUT2D eigenvalue weighted by Gasteiger charge is -2.09. The monoisotopic (exact) mass is 254 g/mol. The summed E-state index contributed by atoms with van der Waals surface area (Å²) in [6.45, 7) is 5.98. The van der Waals surface area contributed by atoms with Gasteiger partial charge in [-0.05, 0) is 45.7 Å². The Kier molecular flexibility index (Phi) is 2.77. The number of rotatable bonds is 2. The van der Waals surface area contributed by atoms with Crippen LogP contribution in [-0.2, 0) is 0 Å². The summed E-state index contributed by atoms with van der Waals surface area (Å²) in [7, 11) is 0. The minimum absolute atomic E-state index is 0.00828. The van der Waals surface area contributed by atoms with E-state index in [9.17, 15) is 4.79 Å². The van der Waals surface area contributed by atoms with Gasteiger partial charge in [-0.2, -0.15) is 0 Å². The van der Waals surface area contributed by atoms with Crippen molar-refractivity contribution in [1.82, 2.24) is 9.97 Å². The number of aromatic nitrogens is 2. The third kappa shape index (κ3) is 2.33. The molecule has 19 heavy (non-hydrogen) atoms. The highest BCUT2D eigenvalue weighted by atomic mass is 16.1. The minimum atomic E-state index is -0.00828. The normalized spacial score (nSPS) is 14.7. The highest BCUT2D eigenvalue weighted by Gasteiger charge is 2.27. The van der Waals surface area contributed by atoms with Gasteiger partial charge >= 0.3 is 0 Å². The second-order valence-electron chi connectivity index (χ2n) is 5.58. The molecule has 0 bridgehead atoms. The van der Waals surface area contributed by atoms with E-state index >= 15 is 0 Å². The van der Waals surface area contributed by atoms with E-state index in [2.05, 4.69) is 37.0 Å². The van der Waals surface area contributed by atoms with Gasteiger partial charge in [0.2, 0.25) is 0 Å². The number of benzene rings is 1. The van der Waals surface area contributed by atoms with Crippen LogP contribution in [0.2, 0.25) is 0 Å². The Hall–Kier alpha value is -1.90. The lowest BCUT2D eigenvalue weighted by atomic mass is 10.0. The molecule has 98 valence electrons. The van der Waals surface area contributed by atoms with Crippen molar-refractivity contribution in [2.45, 2.75) is 39.5 Å². The fourth-order valence-electron chi connectivity index (χ4n) is 2.49. The van der Waals surface area contributed by atoms with Crippen molar-refractivity contribution in [2.24, 2.45) is 0 Å². The van der Waals surface area contributed by atoms with Gasteiger partial charge in [-0.3, -0.25) is 4.79 Å². The van der Waals surface area contributed by atoms with Gasteiger partial charge in [0.1, 0.15) is 5.82 Å². The standard InChI is InChI=1S/C16H18N2O/c1-9-6-10(2)8-13(7-9)14-11(3)16(19)18-15(17-14)12-4-5-12/h6-8,12H,4-5H2,1-3H3,(H,17,18,19). The van der Waals surface area contributed by atoms with Gasteiger partial charge < -0.3 is 4.98 Å². The molecule has 1 aliphatic rings. The zero-order valence-corrected chi connectivity index (χ0v) is 11.6. The van der Waals surface area contributed by atoms with Crippen LogP contribution in [0.15, 0.2) is 23.0 Å². The van der Waals surface area contributed by atoms with E-state index in [0.717, 1.165) is 29.9 Å². The predicted molar refractivity (Wildman–Crippen MR) is 76.5 cm³/mol. The first kappa shape index (κ1) is 12.2. The number of aryl methyl sites for hydroxylation is 2. The smallest absolute Gasteiger partial charge is 0.254 e. The molecule has 0 saturated heterocycles. The molecule has 1 saturated carbocycles. The third-order valence-electron chi connectivity index (χ3n) is 3.63. The number of hydrogen-bond acceptors (Lipinski definition) is 2. The highest BCUT2D eigenvalue weighted by molar-refractivity contribution is 5.64. The summed E-state index contributed by atoms with van der Waals surface area (Å²) in [4.78, 5) is 19.6. The van der Waals surface area contributed by atoms with Gasteiger partial charge in [0.05, 0.1) is 5.69 Å². The summed E-state index contributed by atoms with van der Waals surface area (Å²) < 4.78 is 0. The SMILES string of the molecule is Cc1cc(C)cc(-c2nc(C3CC3)[nH]c(=O)c2C)c1. The van der Waals surface area contributed by atoms with E-state index in [1.807, 2.05) is 6.92 Å². The minimum Gasteiger partial charge on any atom is -0.310 e. The third-order valence-corrected chi connectivity index (χ3v) is 3.63. The van der Waals surface area contributed by atoms with Crippen molar-refractivity contribution < 1.29 is 0 Å². The Morgan fingerprint density at radius 3 is 2.32 bits per heavy atom. The summed E-state index contributed by atoms with van der Waals surface area (Å²) in [5.74, 6) is 1.31. The molecular weight excluding hydrogens is 236 g/mol. The van der Waals surface area contributed by atoms with E-state index < -0.39 is 0 Å². The molecule has 0 radical (unpaired) electrons. The molecule has 1 aliphatic carbocycles. The highest BCUT2D eigenvalue weighted by Crippen LogP contribution is 2.38. The van der Waals surface area contributed by atoms with Crippen LogP contribution in [0.25, 0.3) is 11.3 Å². The van der Waals surface area contributed by atoms with Gasteiger partial charge in [0.25, 0.3) is 5.56 Å². The van der Waals surface area contributed by atoms with Gasteiger partial charge in [-0.15, -0.1) is 0 Å². The number of nitrogens with one attached hydrogen (secondary N) is 1. The summed E-state index contributed by atoms with van der Waals surface area (Å²) in [5, 5.41) is 0. The van der Waals surface area contributed by atoms with E-state index in [1.54, 1.807) is 0 Å². The topological polar surface area (TPSA) is 45.8 Å². The van der Waals surface area contributed by atoms with Crippen LogP contribution in [0.5, 0.6) is 0 Å². The van der Waals surface area contributed by atoms with Crippen LogP contribution in [0.3, 0.4) is 0 Å². The van der Waals surface area contributed by atoms with Crippen LogP contribution in [0.1, 0.15) is 41.3 Å². The largest absolute Gasteiger partial charge is 0.310 e.